The summed E-state index contributed by atoms with van der Waals surface area (Å²) in [6.07, 6.45) is 2.60. The molecule has 0 bridgehead atoms. The van der Waals surface area contributed by atoms with E-state index in [1.165, 1.54) is 0 Å². The topological polar surface area (TPSA) is 82.5 Å². The van der Waals surface area contributed by atoms with Gasteiger partial charge < -0.3 is 9.47 Å². The van der Waals surface area contributed by atoms with E-state index in [1.54, 1.807) is 40.6 Å². The maximum atomic E-state index is 12.6. The van der Waals surface area contributed by atoms with Crippen molar-refractivity contribution in [3.63, 3.8) is 0 Å². The number of aromatic nitrogens is 2. The van der Waals surface area contributed by atoms with Crippen LogP contribution in [0.25, 0.3) is 9.40 Å². The average molecular weight is 520 g/mol. The number of carbonyl (C=O) groups excluding carboxylic acids is 2. The molecular formula is C27H25N3O4S2. The van der Waals surface area contributed by atoms with Gasteiger partial charge in [-0.25, -0.2) is 4.79 Å². The van der Waals surface area contributed by atoms with Crippen molar-refractivity contribution >= 4 is 50.0 Å². The molecule has 0 atom stereocenters. The van der Waals surface area contributed by atoms with E-state index < -0.39 is 11.5 Å². The summed E-state index contributed by atoms with van der Waals surface area (Å²) < 4.78 is 14.6. The number of benzene rings is 1. The van der Waals surface area contributed by atoms with Gasteiger partial charge >= 0.3 is 12.1 Å². The summed E-state index contributed by atoms with van der Waals surface area (Å²) >= 11 is 3.22. The van der Waals surface area contributed by atoms with Gasteiger partial charge in [-0.15, -0.1) is 22.7 Å². The van der Waals surface area contributed by atoms with E-state index in [-0.39, 0.29) is 18.7 Å². The zero-order valence-corrected chi connectivity index (χ0v) is 21.8. The van der Waals surface area contributed by atoms with Crippen LogP contribution in [-0.2, 0) is 33.3 Å². The van der Waals surface area contributed by atoms with Gasteiger partial charge in [0.25, 0.3) is 0 Å². The lowest BCUT2D eigenvalue weighted by Crippen LogP contribution is -2.25. The lowest BCUT2D eigenvalue weighted by molar-refractivity contribution is -0.150. The van der Waals surface area contributed by atoms with Gasteiger partial charge in [0, 0.05) is 21.3 Å². The fourth-order valence-corrected chi connectivity index (χ4v) is 6.28. The van der Waals surface area contributed by atoms with Gasteiger partial charge in [-0.1, -0.05) is 42.2 Å². The van der Waals surface area contributed by atoms with Crippen molar-refractivity contribution in [2.45, 2.75) is 44.8 Å². The van der Waals surface area contributed by atoms with Gasteiger partial charge in [-0.2, -0.15) is 5.10 Å². The monoisotopic (exact) mass is 519 g/mol. The number of ether oxygens (including phenoxy) is 2. The van der Waals surface area contributed by atoms with Gasteiger partial charge in [0.1, 0.15) is 17.8 Å². The van der Waals surface area contributed by atoms with Gasteiger partial charge in [0.05, 0.1) is 22.7 Å². The van der Waals surface area contributed by atoms with Crippen molar-refractivity contribution in [3.8, 4) is 11.8 Å². The minimum Gasteiger partial charge on any atom is -0.462 e. The van der Waals surface area contributed by atoms with Crippen LogP contribution in [0, 0.1) is 11.8 Å². The molecule has 1 saturated carbocycles. The molecule has 1 aliphatic rings. The van der Waals surface area contributed by atoms with Gasteiger partial charge in [-0.3, -0.25) is 14.8 Å². The predicted octanol–water partition coefficient (Wildman–Crippen LogP) is 5.83. The van der Waals surface area contributed by atoms with Gasteiger partial charge in [0.15, 0.2) is 0 Å². The highest BCUT2D eigenvalue weighted by molar-refractivity contribution is 7.28. The number of carbonyl (C=O) groups is 2. The lowest BCUT2D eigenvalue weighted by atomic mass is 10.1. The number of nitrogens with one attached hydrogen (secondary N) is 1. The quantitative estimate of drug-likeness (QED) is 0.256. The highest BCUT2D eigenvalue weighted by Crippen LogP contribution is 2.53. The molecule has 0 aliphatic heterocycles. The fraction of sp³-hybridized carbons (Fsp3) is 0.296. The third kappa shape index (κ3) is 5.01. The Morgan fingerprint density at radius 1 is 1.14 bits per heavy atom. The first-order chi connectivity index (χ1) is 17.3. The van der Waals surface area contributed by atoms with Crippen molar-refractivity contribution in [2.75, 3.05) is 5.32 Å². The summed E-state index contributed by atoms with van der Waals surface area (Å²) in [6.45, 7) is 3.93. The second kappa shape index (κ2) is 9.80. The number of rotatable bonds is 6. The zero-order chi connectivity index (χ0) is 25.3. The Balaban J connectivity index is 1.28. The van der Waals surface area contributed by atoms with Crippen molar-refractivity contribution in [3.05, 3.63) is 69.5 Å². The first-order valence-electron chi connectivity index (χ1n) is 11.6. The first-order valence-corrected chi connectivity index (χ1v) is 13.2. The summed E-state index contributed by atoms with van der Waals surface area (Å²) in [5, 5.41) is 6.96. The number of amides is 1. The van der Waals surface area contributed by atoms with Crippen LogP contribution in [0.5, 0.6) is 0 Å². The molecule has 9 heteroatoms. The third-order valence-electron chi connectivity index (χ3n) is 5.85. The average Bonchev–Trinajstić information content (AvgIpc) is 3.28. The van der Waals surface area contributed by atoms with Crippen molar-refractivity contribution in [2.24, 2.45) is 7.05 Å². The summed E-state index contributed by atoms with van der Waals surface area (Å²) in [5.74, 6) is 6.65. The fourth-order valence-electron chi connectivity index (χ4n) is 3.80. The van der Waals surface area contributed by atoms with Crippen LogP contribution in [0.1, 0.15) is 47.6 Å². The number of esters is 1. The Morgan fingerprint density at radius 3 is 2.58 bits per heavy atom. The van der Waals surface area contributed by atoms with Gasteiger partial charge in [-0.05, 0) is 44.4 Å². The Hall–Kier alpha value is -3.61. The van der Waals surface area contributed by atoms with E-state index in [9.17, 15) is 9.59 Å². The number of hydrogen-bond acceptors (Lipinski definition) is 7. The van der Waals surface area contributed by atoms with E-state index in [1.807, 2.05) is 50.2 Å². The minimum atomic E-state index is -0.570. The molecule has 3 aromatic heterocycles. The molecule has 0 unspecified atom stereocenters. The van der Waals surface area contributed by atoms with E-state index in [2.05, 4.69) is 28.3 Å². The number of aryl methyl sites for hydroxylation is 1. The summed E-state index contributed by atoms with van der Waals surface area (Å²) in [7, 11) is 1.73. The maximum Gasteiger partial charge on any atom is 0.413 e. The molecule has 0 radical (unpaired) electrons. The van der Waals surface area contributed by atoms with Crippen LogP contribution >= 0.6 is 22.7 Å². The molecule has 3 heterocycles. The molecule has 1 amide bonds. The molecule has 4 aromatic rings. The highest BCUT2D eigenvalue weighted by Gasteiger charge is 2.54. The number of fused-ring (bicyclic) bond motifs is 1. The Kier molecular flexibility index (Phi) is 6.56. The maximum absolute atomic E-state index is 12.6. The molecule has 1 aliphatic carbocycles. The Bertz CT molecular complexity index is 1450. The molecular weight excluding hydrogens is 494 g/mol. The van der Waals surface area contributed by atoms with Crippen LogP contribution in [0.2, 0.25) is 0 Å². The Labute approximate surface area is 217 Å². The molecule has 0 saturated heterocycles. The van der Waals surface area contributed by atoms with E-state index in [0.29, 0.717) is 11.4 Å². The molecule has 184 valence electrons. The SMILES string of the molecule is CC(C)OC(=O)C1(c2cc3sc(C#Cc4cnn(C)c4NC(=O)OCc4ccccc4)cc3s2)CC1. The van der Waals surface area contributed by atoms with Crippen molar-refractivity contribution in [1.29, 1.82) is 0 Å². The zero-order valence-electron chi connectivity index (χ0n) is 20.2. The second-order valence-electron chi connectivity index (χ2n) is 8.95. The smallest absolute Gasteiger partial charge is 0.413 e. The largest absolute Gasteiger partial charge is 0.462 e. The summed E-state index contributed by atoms with van der Waals surface area (Å²) in [4.78, 5) is 26.9. The van der Waals surface area contributed by atoms with Crippen LogP contribution in [-0.4, -0.2) is 27.9 Å². The molecule has 36 heavy (non-hydrogen) atoms. The van der Waals surface area contributed by atoms with E-state index in [0.717, 1.165) is 37.6 Å². The van der Waals surface area contributed by atoms with Crippen LogP contribution in [0.15, 0.2) is 48.7 Å². The van der Waals surface area contributed by atoms with Crippen LogP contribution < -0.4 is 5.32 Å². The molecule has 1 N–H and O–H groups in total. The first kappa shape index (κ1) is 24.1. The second-order valence-corrected chi connectivity index (χ2v) is 11.1. The number of hydrogen-bond donors (Lipinski definition) is 1. The number of nitrogens with zero attached hydrogens (tertiary/aromatic N) is 2. The predicted molar refractivity (Wildman–Crippen MR) is 141 cm³/mol. The minimum absolute atomic E-state index is 0.115. The Morgan fingerprint density at radius 2 is 1.89 bits per heavy atom. The highest BCUT2D eigenvalue weighted by atomic mass is 32.1. The molecule has 5 rings (SSSR count). The van der Waals surface area contributed by atoms with E-state index >= 15 is 0 Å². The molecule has 1 aromatic carbocycles. The summed E-state index contributed by atoms with van der Waals surface area (Å²) in [5.41, 5.74) is 1.04. The third-order valence-corrected chi connectivity index (χ3v) is 8.27. The van der Waals surface area contributed by atoms with Crippen LogP contribution in [0.3, 0.4) is 0 Å². The summed E-state index contributed by atoms with van der Waals surface area (Å²) in [6, 6.07) is 13.6. The van der Waals surface area contributed by atoms with E-state index in [4.69, 9.17) is 9.47 Å². The van der Waals surface area contributed by atoms with Crippen LogP contribution in [0.4, 0.5) is 10.6 Å². The van der Waals surface area contributed by atoms with Crippen molar-refractivity contribution < 1.29 is 19.1 Å². The van der Waals surface area contributed by atoms with Crippen molar-refractivity contribution in [1.82, 2.24) is 9.78 Å². The molecule has 0 spiro atoms. The number of anilines is 1. The normalized spacial score (nSPS) is 13.8. The number of thiophene rings is 2. The lowest BCUT2D eigenvalue weighted by Gasteiger charge is -2.14. The standard InChI is InChI=1S/C27H25N3O4S2/c1-17(2)34-25(31)27(11-12-27)23-14-22-21(36-23)13-20(35-22)10-9-19-15-28-30(3)24(19)29-26(32)33-16-18-7-5-4-6-8-18/h4-8,13-15,17H,11-12,16H2,1-3H3,(H,29,32). The molecule has 1 fully saturated rings. The molecule has 7 nitrogen and oxygen atoms in total. The van der Waals surface area contributed by atoms with Gasteiger partial charge in [0.2, 0.25) is 0 Å².